The quantitative estimate of drug-likeness (QED) is 0.233. The summed E-state index contributed by atoms with van der Waals surface area (Å²) in [5, 5.41) is 0.211. The maximum absolute atomic E-state index is 11.1. The molecule has 0 saturated carbocycles. The summed E-state index contributed by atoms with van der Waals surface area (Å²) in [4.78, 5) is 11.1. The van der Waals surface area contributed by atoms with Crippen LogP contribution in [0, 0.1) is 17.8 Å². The molecule has 0 spiro atoms. The van der Waals surface area contributed by atoms with Crippen molar-refractivity contribution in [2.24, 2.45) is 5.92 Å². The molecule has 0 N–H and O–H groups in total. The van der Waals surface area contributed by atoms with Gasteiger partial charge >= 0.3 is 5.97 Å². The standard InChI is InChI=1S/C17H30O3Si/c1-8-15(12-10-11-13-16(18)19-9-2)14-20-21(6,7)17(3,4)5/h8,15H,1,9-10,12,14H2,2-7H3/t15-/m0/s1. The van der Waals surface area contributed by atoms with Gasteiger partial charge in [0.25, 0.3) is 0 Å². The highest BCUT2D eigenvalue weighted by Gasteiger charge is 2.37. The topological polar surface area (TPSA) is 35.5 Å². The van der Waals surface area contributed by atoms with Crippen LogP contribution in [0.2, 0.25) is 18.1 Å². The summed E-state index contributed by atoms with van der Waals surface area (Å²) in [5.41, 5.74) is 0. The number of rotatable bonds is 7. The van der Waals surface area contributed by atoms with Gasteiger partial charge < -0.3 is 9.16 Å². The van der Waals surface area contributed by atoms with Crippen LogP contribution in [-0.4, -0.2) is 27.5 Å². The molecule has 0 aromatic heterocycles. The lowest BCUT2D eigenvalue weighted by atomic mass is 10.1. The van der Waals surface area contributed by atoms with Crippen LogP contribution in [0.25, 0.3) is 0 Å². The van der Waals surface area contributed by atoms with Gasteiger partial charge in [-0.3, -0.25) is 0 Å². The third-order valence-electron chi connectivity index (χ3n) is 3.90. The molecule has 120 valence electrons. The Bertz CT molecular complexity index is 396. The lowest BCUT2D eigenvalue weighted by Crippen LogP contribution is -2.41. The van der Waals surface area contributed by atoms with Crippen LogP contribution >= 0.6 is 0 Å². The summed E-state index contributed by atoms with van der Waals surface area (Å²) < 4.78 is 10.9. The molecule has 0 aromatic rings. The first-order chi connectivity index (χ1) is 9.64. The van der Waals surface area contributed by atoms with Crippen molar-refractivity contribution >= 4 is 14.3 Å². The van der Waals surface area contributed by atoms with Crippen LogP contribution in [0.4, 0.5) is 0 Å². The highest BCUT2D eigenvalue weighted by molar-refractivity contribution is 6.74. The second-order valence-corrected chi connectivity index (χ2v) is 11.4. The largest absolute Gasteiger partial charge is 0.456 e. The first kappa shape index (κ1) is 19.9. The first-order valence-corrected chi connectivity index (χ1v) is 10.5. The number of hydrogen-bond acceptors (Lipinski definition) is 3. The molecule has 0 heterocycles. The zero-order valence-electron chi connectivity index (χ0n) is 14.4. The second kappa shape index (κ2) is 9.06. The number of carbonyl (C=O) groups is 1. The van der Waals surface area contributed by atoms with E-state index < -0.39 is 14.3 Å². The molecule has 0 radical (unpaired) electrons. The van der Waals surface area contributed by atoms with Gasteiger partial charge in [-0.25, -0.2) is 4.79 Å². The molecule has 0 aliphatic carbocycles. The van der Waals surface area contributed by atoms with Crippen molar-refractivity contribution in [1.29, 1.82) is 0 Å². The van der Waals surface area contributed by atoms with E-state index in [0.29, 0.717) is 19.6 Å². The third-order valence-corrected chi connectivity index (χ3v) is 8.40. The van der Waals surface area contributed by atoms with Crippen molar-refractivity contribution < 1.29 is 14.0 Å². The van der Waals surface area contributed by atoms with Crippen LogP contribution < -0.4 is 0 Å². The van der Waals surface area contributed by atoms with Crippen molar-refractivity contribution in [3.63, 3.8) is 0 Å². The Morgan fingerprint density at radius 3 is 2.48 bits per heavy atom. The molecule has 0 aromatic carbocycles. The van der Waals surface area contributed by atoms with Crippen LogP contribution in [0.15, 0.2) is 12.7 Å². The zero-order chi connectivity index (χ0) is 16.5. The third kappa shape index (κ3) is 8.08. The van der Waals surface area contributed by atoms with E-state index in [1.54, 1.807) is 6.92 Å². The maximum Gasteiger partial charge on any atom is 0.384 e. The Morgan fingerprint density at radius 2 is 2.00 bits per heavy atom. The molecule has 0 bridgehead atoms. The van der Waals surface area contributed by atoms with Crippen molar-refractivity contribution in [2.45, 2.75) is 58.7 Å². The molecular formula is C17H30O3Si. The van der Waals surface area contributed by atoms with Crippen LogP contribution in [0.1, 0.15) is 40.5 Å². The van der Waals surface area contributed by atoms with E-state index in [2.05, 4.69) is 52.3 Å². The van der Waals surface area contributed by atoms with Gasteiger partial charge in [0, 0.05) is 18.9 Å². The molecule has 0 amide bonds. The Hall–Kier alpha value is -1.05. The fraction of sp³-hybridized carbons (Fsp3) is 0.706. The fourth-order valence-electron chi connectivity index (χ4n) is 1.36. The van der Waals surface area contributed by atoms with Gasteiger partial charge in [0.2, 0.25) is 0 Å². The molecule has 0 rings (SSSR count). The van der Waals surface area contributed by atoms with Crippen molar-refractivity contribution in [2.75, 3.05) is 13.2 Å². The van der Waals surface area contributed by atoms with Crippen LogP contribution in [0.5, 0.6) is 0 Å². The van der Waals surface area contributed by atoms with Crippen molar-refractivity contribution in [1.82, 2.24) is 0 Å². The minimum Gasteiger partial charge on any atom is -0.456 e. The maximum atomic E-state index is 11.1. The van der Waals surface area contributed by atoms with Gasteiger partial charge in [-0.05, 0) is 37.4 Å². The van der Waals surface area contributed by atoms with Gasteiger partial charge in [-0.1, -0.05) is 32.8 Å². The molecule has 0 unspecified atom stereocenters. The molecule has 0 aliphatic heterocycles. The smallest absolute Gasteiger partial charge is 0.384 e. The number of ether oxygens (including phenoxy) is 1. The van der Waals surface area contributed by atoms with E-state index >= 15 is 0 Å². The molecule has 3 nitrogen and oxygen atoms in total. The summed E-state index contributed by atoms with van der Waals surface area (Å²) in [6.45, 7) is 17.9. The van der Waals surface area contributed by atoms with Gasteiger partial charge in [0.05, 0.1) is 6.61 Å². The Balaban J connectivity index is 4.25. The lowest BCUT2D eigenvalue weighted by Gasteiger charge is -2.37. The molecule has 0 aliphatic rings. The van der Waals surface area contributed by atoms with E-state index in [0.717, 1.165) is 6.42 Å². The average molecular weight is 311 g/mol. The predicted molar refractivity (Wildman–Crippen MR) is 90.5 cm³/mol. The van der Waals surface area contributed by atoms with Crippen LogP contribution in [0.3, 0.4) is 0 Å². The molecule has 21 heavy (non-hydrogen) atoms. The van der Waals surface area contributed by atoms with Crippen molar-refractivity contribution in [3.05, 3.63) is 12.7 Å². The predicted octanol–water partition coefficient (Wildman–Crippen LogP) is 4.16. The molecule has 0 saturated heterocycles. The lowest BCUT2D eigenvalue weighted by molar-refractivity contribution is -0.136. The van der Waals surface area contributed by atoms with E-state index in [1.165, 1.54) is 0 Å². The fourth-order valence-corrected chi connectivity index (χ4v) is 2.42. The minimum atomic E-state index is -1.72. The van der Waals surface area contributed by atoms with E-state index in [-0.39, 0.29) is 11.0 Å². The SMILES string of the molecule is C=C[C@@H](CCC#CC(=O)OCC)CO[Si](C)(C)C(C)(C)C. The first-order valence-electron chi connectivity index (χ1n) is 7.56. The molecular weight excluding hydrogens is 280 g/mol. The summed E-state index contributed by atoms with van der Waals surface area (Å²) in [6, 6.07) is 0. The Labute approximate surface area is 131 Å². The number of hydrogen-bond donors (Lipinski definition) is 0. The molecule has 0 fully saturated rings. The number of carbonyl (C=O) groups excluding carboxylic acids is 1. The zero-order valence-corrected chi connectivity index (χ0v) is 15.4. The van der Waals surface area contributed by atoms with Crippen LogP contribution in [-0.2, 0) is 14.0 Å². The van der Waals surface area contributed by atoms with E-state index in [4.69, 9.17) is 9.16 Å². The van der Waals surface area contributed by atoms with Gasteiger partial charge in [-0.15, -0.1) is 6.58 Å². The average Bonchev–Trinajstić information content (AvgIpc) is 2.37. The van der Waals surface area contributed by atoms with E-state index in [1.807, 2.05) is 6.08 Å². The van der Waals surface area contributed by atoms with Crippen molar-refractivity contribution in [3.8, 4) is 11.8 Å². The minimum absolute atomic E-state index is 0.211. The van der Waals surface area contributed by atoms with Gasteiger partial charge in [-0.2, -0.15) is 0 Å². The number of esters is 1. The monoisotopic (exact) mass is 310 g/mol. The molecule has 4 heteroatoms. The van der Waals surface area contributed by atoms with E-state index in [9.17, 15) is 4.79 Å². The highest BCUT2D eigenvalue weighted by atomic mass is 28.4. The summed E-state index contributed by atoms with van der Waals surface area (Å²) >= 11 is 0. The highest BCUT2D eigenvalue weighted by Crippen LogP contribution is 2.36. The summed E-state index contributed by atoms with van der Waals surface area (Å²) in [6.07, 6.45) is 3.42. The normalized spacial score (nSPS) is 13.0. The Morgan fingerprint density at radius 1 is 1.38 bits per heavy atom. The van der Waals surface area contributed by atoms with Gasteiger partial charge in [0.1, 0.15) is 0 Å². The Kier molecular flexibility index (Phi) is 8.61. The summed E-state index contributed by atoms with van der Waals surface area (Å²) in [7, 11) is -1.72. The van der Waals surface area contributed by atoms with Gasteiger partial charge in [0.15, 0.2) is 8.32 Å². The molecule has 1 atom stereocenters. The summed E-state index contributed by atoms with van der Waals surface area (Å²) in [5.74, 6) is 5.15. The second-order valence-electron chi connectivity index (χ2n) is 6.63.